The molecule has 4 unspecified atom stereocenters. The van der Waals surface area contributed by atoms with Gasteiger partial charge < -0.3 is 9.47 Å². The Hall–Kier alpha value is -1.65. The van der Waals surface area contributed by atoms with Crippen LogP contribution in [0.15, 0.2) is 12.2 Å². The van der Waals surface area contributed by atoms with Gasteiger partial charge in [-0.05, 0) is 76.0 Å². The summed E-state index contributed by atoms with van der Waals surface area (Å²) in [7, 11) is 0. The first-order chi connectivity index (χ1) is 13.8. The van der Waals surface area contributed by atoms with Crippen molar-refractivity contribution in [1.82, 2.24) is 0 Å². The quantitative estimate of drug-likeness (QED) is 0.500. The first-order valence-corrected chi connectivity index (χ1v) is 11.4. The van der Waals surface area contributed by atoms with Crippen molar-refractivity contribution in [2.45, 2.75) is 70.8 Å². The number of carbonyl (C=O) groups excluding carboxylic acids is 3. The lowest BCUT2D eigenvalue weighted by molar-refractivity contribution is -0.209. The van der Waals surface area contributed by atoms with E-state index in [1.807, 2.05) is 12.2 Å². The average molecular weight is 401 g/mol. The van der Waals surface area contributed by atoms with Crippen molar-refractivity contribution in [2.24, 2.45) is 40.9 Å². The monoisotopic (exact) mass is 400 g/mol. The lowest BCUT2D eigenvalue weighted by Crippen LogP contribution is -2.58. The summed E-state index contributed by atoms with van der Waals surface area (Å²) in [6.07, 6.45) is 12.5. The standard InChI is InChI=1S/C24H32O5/c1-3-23(2,24-10-14-6-15(11-24)8-16(7-14)12-24)29-20(25)13-28-22(27)19-9-17-4-5-18(19)21(17)26/h4-5,14-19H,3,6-13H2,1-2H3. The number of ketones is 1. The predicted octanol–water partition coefficient (Wildman–Crippen LogP) is 3.85. The molecule has 0 aromatic heterocycles. The second-order valence-corrected chi connectivity index (χ2v) is 10.6. The Kier molecular flexibility index (Phi) is 4.45. The zero-order valence-corrected chi connectivity index (χ0v) is 17.5. The van der Waals surface area contributed by atoms with Crippen molar-refractivity contribution in [3.63, 3.8) is 0 Å². The van der Waals surface area contributed by atoms with Crippen LogP contribution in [0.1, 0.15) is 65.2 Å². The van der Waals surface area contributed by atoms with E-state index in [0.717, 1.165) is 43.4 Å². The third-order valence-electron chi connectivity index (χ3n) is 8.99. The lowest BCUT2D eigenvalue weighted by Gasteiger charge is -2.62. The van der Waals surface area contributed by atoms with Gasteiger partial charge in [-0.3, -0.25) is 9.59 Å². The number of Topliss-reactive ketones (excluding diaryl/α,β-unsaturated/α-hetero) is 1. The molecule has 0 heterocycles. The molecule has 6 bridgehead atoms. The number of rotatable bonds is 6. The fourth-order valence-corrected chi connectivity index (χ4v) is 7.71. The molecule has 5 fully saturated rings. The second kappa shape index (κ2) is 6.68. The number of fused-ring (bicyclic) bond motifs is 2. The van der Waals surface area contributed by atoms with Gasteiger partial charge in [0.2, 0.25) is 0 Å². The summed E-state index contributed by atoms with van der Waals surface area (Å²) >= 11 is 0. The van der Waals surface area contributed by atoms with Crippen molar-refractivity contribution in [3.05, 3.63) is 12.2 Å². The second-order valence-electron chi connectivity index (χ2n) is 10.6. The van der Waals surface area contributed by atoms with Crippen LogP contribution in [-0.2, 0) is 23.9 Å². The van der Waals surface area contributed by atoms with Crippen LogP contribution in [0, 0.1) is 40.9 Å². The molecule has 0 aliphatic heterocycles. The van der Waals surface area contributed by atoms with E-state index in [0.29, 0.717) is 6.42 Å². The number of hydrogen-bond acceptors (Lipinski definition) is 5. The summed E-state index contributed by atoms with van der Waals surface area (Å²) in [5.74, 6) is 0.607. The molecule has 6 aliphatic rings. The molecule has 0 radical (unpaired) electrons. The average Bonchev–Trinajstić information content (AvgIpc) is 3.19. The van der Waals surface area contributed by atoms with Gasteiger partial charge in [-0.1, -0.05) is 19.1 Å². The van der Waals surface area contributed by atoms with Crippen molar-refractivity contribution < 1.29 is 23.9 Å². The van der Waals surface area contributed by atoms with Crippen molar-refractivity contribution in [3.8, 4) is 0 Å². The summed E-state index contributed by atoms with van der Waals surface area (Å²) in [5, 5.41) is 0. The van der Waals surface area contributed by atoms with Gasteiger partial charge in [-0.25, -0.2) is 4.79 Å². The highest BCUT2D eigenvalue weighted by molar-refractivity contribution is 5.97. The highest BCUT2D eigenvalue weighted by Gasteiger charge is 2.60. The number of carbonyl (C=O) groups is 3. The van der Waals surface area contributed by atoms with Gasteiger partial charge in [0.25, 0.3) is 0 Å². The van der Waals surface area contributed by atoms with Gasteiger partial charge in [0.1, 0.15) is 11.4 Å². The molecule has 0 saturated heterocycles. The van der Waals surface area contributed by atoms with Crippen LogP contribution in [-0.4, -0.2) is 29.9 Å². The number of ether oxygens (including phenoxy) is 2. The van der Waals surface area contributed by atoms with E-state index in [-0.39, 0.29) is 29.6 Å². The highest BCUT2D eigenvalue weighted by Crippen LogP contribution is 2.65. The maximum Gasteiger partial charge on any atom is 0.344 e. The molecule has 4 atom stereocenters. The molecule has 0 aromatic carbocycles. The molecule has 5 saturated carbocycles. The molecule has 0 aromatic rings. The van der Waals surface area contributed by atoms with E-state index < -0.39 is 23.5 Å². The van der Waals surface area contributed by atoms with E-state index in [4.69, 9.17) is 9.47 Å². The van der Waals surface area contributed by atoms with Crippen molar-refractivity contribution in [2.75, 3.05) is 6.61 Å². The fourth-order valence-electron chi connectivity index (χ4n) is 7.71. The summed E-state index contributed by atoms with van der Waals surface area (Å²) in [6, 6.07) is 0. The number of esters is 2. The first-order valence-electron chi connectivity index (χ1n) is 11.4. The Balaban J connectivity index is 1.21. The van der Waals surface area contributed by atoms with E-state index in [1.54, 1.807) is 0 Å². The molecule has 0 spiro atoms. The minimum absolute atomic E-state index is 0.0813. The molecule has 5 heteroatoms. The van der Waals surface area contributed by atoms with E-state index in [2.05, 4.69) is 13.8 Å². The lowest BCUT2D eigenvalue weighted by atomic mass is 9.45. The molecular weight excluding hydrogens is 368 g/mol. The van der Waals surface area contributed by atoms with Gasteiger partial charge in [-0.15, -0.1) is 0 Å². The molecule has 0 amide bonds. The maximum atomic E-state index is 12.7. The fraction of sp³-hybridized carbons (Fsp3) is 0.792. The normalized spacial score (nSPS) is 43.4. The van der Waals surface area contributed by atoms with Crippen LogP contribution in [0.25, 0.3) is 0 Å². The number of allylic oxidation sites excluding steroid dienone is 2. The molecule has 158 valence electrons. The Bertz CT molecular complexity index is 732. The van der Waals surface area contributed by atoms with Crippen LogP contribution in [0.4, 0.5) is 0 Å². The van der Waals surface area contributed by atoms with Crippen LogP contribution < -0.4 is 0 Å². The van der Waals surface area contributed by atoms with Crippen LogP contribution in [0.3, 0.4) is 0 Å². The van der Waals surface area contributed by atoms with Crippen LogP contribution >= 0.6 is 0 Å². The smallest absolute Gasteiger partial charge is 0.344 e. The van der Waals surface area contributed by atoms with Crippen LogP contribution in [0.5, 0.6) is 0 Å². The number of hydrogen-bond donors (Lipinski definition) is 0. The minimum atomic E-state index is -0.502. The van der Waals surface area contributed by atoms with Crippen LogP contribution in [0.2, 0.25) is 0 Å². The van der Waals surface area contributed by atoms with E-state index in [9.17, 15) is 14.4 Å². The molecular formula is C24H32O5. The molecule has 5 nitrogen and oxygen atoms in total. The Morgan fingerprint density at radius 2 is 1.69 bits per heavy atom. The minimum Gasteiger partial charge on any atom is -0.456 e. The summed E-state index contributed by atoms with van der Waals surface area (Å²) in [5.41, 5.74) is -0.421. The van der Waals surface area contributed by atoms with Gasteiger partial charge in [-0.2, -0.15) is 0 Å². The molecule has 6 aliphatic carbocycles. The third-order valence-corrected chi connectivity index (χ3v) is 8.99. The zero-order valence-electron chi connectivity index (χ0n) is 17.5. The van der Waals surface area contributed by atoms with Crippen molar-refractivity contribution >= 4 is 17.7 Å². The first kappa shape index (κ1) is 19.3. The summed E-state index contributed by atoms with van der Waals surface area (Å²) in [6.45, 7) is 3.84. The van der Waals surface area contributed by atoms with Gasteiger partial charge in [0.15, 0.2) is 6.61 Å². The van der Waals surface area contributed by atoms with E-state index >= 15 is 0 Å². The van der Waals surface area contributed by atoms with Gasteiger partial charge >= 0.3 is 11.9 Å². The summed E-state index contributed by atoms with van der Waals surface area (Å²) < 4.78 is 11.4. The summed E-state index contributed by atoms with van der Waals surface area (Å²) in [4.78, 5) is 37.1. The topological polar surface area (TPSA) is 69.7 Å². The van der Waals surface area contributed by atoms with Gasteiger partial charge in [0.05, 0.1) is 5.92 Å². The Morgan fingerprint density at radius 1 is 1.07 bits per heavy atom. The predicted molar refractivity (Wildman–Crippen MR) is 106 cm³/mol. The van der Waals surface area contributed by atoms with Gasteiger partial charge in [0, 0.05) is 17.3 Å². The molecule has 6 rings (SSSR count). The largest absolute Gasteiger partial charge is 0.456 e. The zero-order chi connectivity index (χ0) is 20.4. The SMILES string of the molecule is CCC(C)(OC(=O)COC(=O)C1CC2C=CC1C2=O)C12CC3CC(CC(C3)C1)C2. The third kappa shape index (κ3) is 2.98. The maximum absolute atomic E-state index is 12.7. The van der Waals surface area contributed by atoms with Crippen molar-refractivity contribution in [1.29, 1.82) is 0 Å². The van der Waals surface area contributed by atoms with E-state index in [1.165, 1.54) is 19.3 Å². The highest BCUT2D eigenvalue weighted by atomic mass is 16.6. The molecule has 29 heavy (non-hydrogen) atoms. The molecule has 0 N–H and O–H groups in total. The Morgan fingerprint density at radius 3 is 2.17 bits per heavy atom. The Labute approximate surface area is 172 Å².